The number of nitrogens with zero attached hydrogens (tertiary/aromatic N) is 1. The largest absolute Gasteiger partial charge is 0.491 e. The third kappa shape index (κ3) is 5.41. The van der Waals surface area contributed by atoms with Gasteiger partial charge in [-0.1, -0.05) is 38.8 Å². The van der Waals surface area contributed by atoms with Crippen LogP contribution in [-0.2, 0) is 4.74 Å². The minimum absolute atomic E-state index is 0.287. The summed E-state index contributed by atoms with van der Waals surface area (Å²) in [5.74, 6) is 0.897. The van der Waals surface area contributed by atoms with Gasteiger partial charge in [0, 0.05) is 17.4 Å². The Bertz CT molecular complexity index is 531. The number of allylic oxidation sites excluding steroid dienone is 2. The molecule has 0 N–H and O–H groups in total. The Morgan fingerprint density at radius 1 is 1.38 bits per heavy atom. The Balaban J connectivity index is 2.07. The third-order valence-corrected chi connectivity index (χ3v) is 4.40. The molecule has 0 aromatic heterocycles. The third-order valence-electron chi connectivity index (χ3n) is 4.40. The van der Waals surface area contributed by atoms with Crippen molar-refractivity contribution in [3.8, 4) is 5.75 Å². The van der Waals surface area contributed by atoms with E-state index in [1.54, 1.807) is 0 Å². The Morgan fingerprint density at radius 3 is 2.62 bits per heavy atom. The van der Waals surface area contributed by atoms with Crippen LogP contribution in [-0.4, -0.2) is 25.4 Å². The predicted molar refractivity (Wildman–Crippen MR) is 102 cm³/mol. The van der Waals surface area contributed by atoms with E-state index in [4.69, 9.17) is 9.47 Å². The number of unbranched alkanes of at least 4 members (excludes halogenated alkanes) is 2. The van der Waals surface area contributed by atoms with Crippen LogP contribution in [0.5, 0.6) is 5.75 Å². The van der Waals surface area contributed by atoms with E-state index in [1.165, 1.54) is 31.4 Å². The van der Waals surface area contributed by atoms with E-state index in [1.807, 2.05) is 18.2 Å². The van der Waals surface area contributed by atoms with Gasteiger partial charge in [0.1, 0.15) is 18.5 Å². The summed E-state index contributed by atoms with van der Waals surface area (Å²) in [6.07, 6.45) is 9.31. The van der Waals surface area contributed by atoms with Crippen molar-refractivity contribution in [1.29, 1.82) is 0 Å². The van der Waals surface area contributed by atoms with Gasteiger partial charge in [-0.3, -0.25) is 0 Å². The van der Waals surface area contributed by atoms with E-state index < -0.39 is 0 Å². The highest BCUT2D eigenvalue weighted by Gasteiger charge is 2.23. The Hall–Kier alpha value is -1.74. The second-order valence-corrected chi connectivity index (χ2v) is 6.39. The molecule has 3 nitrogen and oxygen atoms in total. The highest BCUT2D eigenvalue weighted by molar-refractivity contribution is 5.56. The summed E-state index contributed by atoms with van der Waals surface area (Å²) in [6, 6.07) is 8.78. The zero-order valence-electron chi connectivity index (χ0n) is 15.3. The lowest BCUT2D eigenvalue weighted by molar-refractivity contribution is 0.263. The van der Waals surface area contributed by atoms with E-state index in [9.17, 15) is 0 Å². The maximum Gasteiger partial charge on any atom is 0.119 e. The van der Waals surface area contributed by atoms with E-state index in [0.29, 0.717) is 12.6 Å². The molecule has 3 heteroatoms. The molecule has 1 aliphatic rings. The van der Waals surface area contributed by atoms with Crippen LogP contribution in [0.15, 0.2) is 48.7 Å². The van der Waals surface area contributed by atoms with Crippen molar-refractivity contribution >= 4 is 5.69 Å². The minimum Gasteiger partial charge on any atom is -0.491 e. The smallest absolute Gasteiger partial charge is 0.119 e. The lowest BCUT2D eigenvalue weighted by Crippen LogP contribution is -2.31. The van der Waals surface area contributed by atoms with Crippen LogP contribution in [0, 0.1) is 0 Å². The molecule has 0 amide bonds. The fourth-order valence-corrected chi connectivity index (χ4v) is 2.89. The van der Waals surface area contributed by atoms with Gasteiger partial charge in [0.25, 0.3) is 0 Å². The van der Waals surface area contributed by atoms with E-state index in [2.05, 4.69) is 50.5 Å². The fraction of sp³-hybridized carbons (Fsp3) is 0.524. The van der Waals surface area contributed by atoms with E-state index >= 15 is 0 Å². The van der Waals surface area contributed by atoms with Crippen molar-refractivity contribution in [2.75, 3.05) is 18.1 Å². The average Bonchev–Trinajstić information content (AvgIpc) is 3.43. The monoisotopic (exact) mass is 329 g/mol. The summed E-state index contributed by atoms with van der Waals surface area (Å²) in [4.78, 5) is 2.37. The van der Waals surface area contributed by atoms with Crippen molar-refractivity contribution in [2.24, 2.45) is 0 Å². The van der Waals surface area contributed by atoms with Gasteiger partial charge >= 0.3 is 0 Å². The van der Waals surface area contributed by atoms with Crippen LogP contribution in [0.2, 0.25) is 0 Å². The van der Waals surface area contributed by atoms with Crippen molar-refractivity contribution < 1.29 is 9.47 Å². The number of benzene rings is 1. The zero-order chi connectivity index (χ0) is 17.4. The van der Waals surface area contributed by atoms with Crippen LogP contribution in [0.3, 0.4) is 0 Å². The van der Waals surface area contributed by atoms with Crippen LogP contribution >= 0.6 is 0 Å². The van der Waals surface area contributed by atoms with E-state index in [0.717, 1.165) is 18.1 Å². The molecular formula is C21H31NO2. The molecule has 1 fully saturated rings. The number of rotatable bonds is 11. The van der Waals surface area contributed by atoms with Gasteiger partial charge in [0.15, 0.2) is 0 Å². The number of ether oxygens (including phenoxy) is 2. The molecule has 2 unspecified atom stereocenters. The topological polar surface area (TPSA) is 25.0 Å². The van der Waals surface area contributed by atoms with Crippen molar-refractivity contribution in [3.05, 3.63) is 48.7 Å². The number of hydrogen-bond acceptors (Lipinski definition) is 3. The molecule has 132 valence electrons. The minimum atomic E-state index is 0.287. The van der Waals surface area contributed by atoms with Gasteiger partial charge < -0.3 is 14.4 Å². The maximum atomic E-state index is 5.74. The quantitative estimate of drug-likeness (QED) is 0.312. The standard InChI is InChI=1S/C21H31NO2/c1-5-8-9-10-17(4)22(18(6-2)7-3)19-11-13-20(14-12-19)23-15-21-16-24-21/h6-7,11-14,17,21H,2,5,8-10,15-16H2,1,3-4H3/b18-7+. The second-order valence-electron chi connectivity index (χ2n) is 6.39. The number of anilines is 1. The van der Waals surface area contributed by atoms with Crippen LogP contribution in [0.25, 0.3) is 0 Å². The lowest BCUT2D eigenvalue weighted by atomic mass is 10.1. The Kier molecular flexibility index (Phi) is 7.38. The summed E-state index contributed by atoms with van der Waals surface area (Å²) in [6.45, 7) is 12.0. The fourth-order valence-electron chi connectivity index (χ4n) is 2.89. The Labute approximate surface area is 147 Å². The first-order valence-electron chi connectivity index (χ1n) is 9.12. The van der Waals surface area contributed by atoms with Gasteiger partial charge in [-0.05, 0) is 50.6 Å². The highest BCUT2D eigenvalue weighted by Crippen LogP contribution is 2.27. The molecule has 0 saturated carbocycles. The van der Waals surface area contributed by atoms with Crippen molar-refractivity contribution in [1.82, 2.24) is 0 Å². The molecular weight excluding hydrogens is 298 g/mol. The molecule has 2 rings (SSSR count). The molecule has 2 atom stereocenters. The molecule has 1 aliphatic heterocycles. The molecule has 0 spiro atoms. The van der Waals surface area contributed by atoms with Crippen molar-refractivity contribution in [2.45, 2.75) is 58.6 Å². The normalized spacial score (nSPS) is 18.1. The molecule has 0 radical (unpaired) electrons. The molecule has 1 aromatic rings. The number of epoxide rings is 1. The first-order valence-corrected chi connectivity index (χ1v) is 9.12. The van der Waals surface area contributed by atoms with Gasteiger partial charge in [0.2, 0.25) is 0 Å². The zero-order valence-corrected chi connectivity index (χ0v) is 15.3. The highest BCUT2D eigenvalue weighted by atomic mass is 16.6. The number of hydrogen-bond donors (Lipinski definition) is 0. The summed E-state index contributed by atoms with van der Waals surface area (Å²) in [5, 5.41) is 0. The average molecular weight is 329 g/mol. The molecule has 1 saturated heterocycles. The first kappa shape index (κ1) is 18.6. The molecule has 1 heterocycles. The van der Waals surface area contributed by atoms with Gasteiger partial charge in [-0.25, -0.2) is 0 Å². The second kappa shape index (κ2) is 9.53. The maximum absolute atomic E-state index is 5.74. The summed E-state index contributed by atoms with van der Waals surface area (Å²) in [5.41, 5.74) is 2.33. The van der Waals surface area contributed by atoms with Crippen LogP contribution < -0.4 is 9.64 Å². The van der Waals surface area contributed by atoms with E-state index in [-0.39, 0.29) is 6.10 Å². The predicted octanol–water partition coefficient (Wildman–Crippen LogP) is 5.33. The summed E-state index contributed by atoms with van der Waals surface area (Å²) < 4.78 is 10.9. The molecule has 0 bridgehead atoms. The van der Waals surface area contributed by atoms with Crippen molar-refractivity contribution in [3.63, 3.8) is 0 Å². The van der Waals surface area contributed by atoms with Crippen LogP contribution in [0.1, 0.15) is 46.5 Å². The van der Waals surface area contributed by atoms with Crippen LogP contribution in [0.4, 0.5) is 5.69 Å². The lowest BCUT2D eigenvalue weighted by Gasteiger charge is -2.32. The first-order chi connectivity index (χ1) is 11.7. The summed E-state index contributed by atoms with van der Waals surface area (Å²) >= 11 is 0. The summed E-state index contributed by atoms with van der Waals surface area (Å²) in [7, 11) is 0. The Morgan fingerprint density at radius 2 is 2.08 bits per heavy atom. The van der Waals surface area contributed by atoms with Gasteiger partial charge in [-0.15, -0.1) is 0 Å². The van der Waals surface area contributed by atoms with Gasteiger partial charge in [-0.2, -0.15) is 0 Å². The van der Waals surface area contributed by atoms with Gasteiger partial charge in [0.05, 0.1) is 6.61 Å². The molecule has 24 heavy (non-hydrogen) atoms. The molecule has 0 aliphatic carbocycles. The SMILES string of the molecule is C=C/C(=C\C)N(c1ccc(OCC2CO2)cc1)C(C)CCCCC. The molecule has 1 aromatic carbocycles.